The molecule has 1 amide bonds. The number of nitrogen functional groups attached to an aromatic ring is 1. The van der Waals surface area contributed by atoms with E-state index in [4.69, 9.17) is 19.6 Å². The molecule has 11 heteroatoms. The summed E-state index contributed by atoms with van der Waals surface area (Å²) in [6.07, 6.45) is 7.72. The first-order valence-electron chi connectivity index (χ1n) is 16.1. The highest BCUT2D eigenvalue weighted by Crippen LogP contribution is 2.58. The zero-order chi connectivity index (χ0) is 33.1. The maximum absolute atomic E-state index is 13.9. The molecule has 1 saturated heterocycles. The number of aromatic nitrogens is 1. The number of anilines is 1. The number of allylic oxidation sites excluding steroid dienone is 1. The van der Waals surface area contributed by atoms with Gasteiger partial charge in [0.1, 0.15) is 17.2 Å². The average molecular weight is 674 g/mol. The number of esters is 1. The van der Waals surface area contributed by atoms with E-state index in [1.807, 2.05) is 30.9 Å². The molecule has 9 nitrogen and oxygen atoms in total. The SMILES string of the molecule is CC=C(C)C(=O)OC1(C)CC=C2CSSCC3C(CC)CN3C(=O)Cc3cnc(N)cc3C2C12Cc1cc3ccc(=O)oc3cc1O2. The van der Waals surface area contributed by atoms with Crippen LogP contribution in [0.5, 0.6) is 5.75 Å². The van der Waals surface area contributed by atoms with Crippen molar-refractivity contribution in [1.82, 2.24) is 9.88 Å². The fraction of sp³-hybridized carbons (Fsp3) is 0.444. The quantitative estimate of drug-likeness (QED) is 0.116. The third-order valence-corrected chi connectivity index (χ3v) is 12.9. The highest BCUT2D eigenvalue weighted by Gasteiger charge is 2.64. The lowest BCUT2D eigenvalue weighted by molar-refractivity contribution is -0.183. The first kappa shape index (κ1) is 31.9. The molecule has 2 N–H and O–H groups in total. The van der Waals surface area contributed by atoms with Crippen molar-refractivity contribution >= 4 is 50.3 Å². The monoisotopic (exact) mass is 673 g/mol. The molecule has 5 unspecified atom stereocenters. The van der Waals surface area contributed by atoms with Crippen LogP contribution >= 0.6 is 21.6 Å². The summed E-state index contributed by atoms with van der Waals surface area (Å²) in [7, 11) is 3.58. The number of carbonyl (C=O) groups is 2. The lowest BCUT2D eigenvalue weighted by atomic mass is 9.61. The molecule has 3 aromatic rings. The van der Waals surface area contributed by atoms with Crippen LogP contribution in [-0.4, -0.2) is 57.1 Å². The number of nitrogens with zero attached hydrogens (tertiary/aromatic N) is 2. The number of rotatable bonds is 3. The molecule has 2 aromatic heterocycles. The standard InChI is InChI=1S/C36H39N3O6S2/c1-5-20(3)34(42)45-35(4)10-9-23-18-46-47-19-27-21(6-2)17-39(27)31(40)12-25-16-38-30(37)13-26(25)33(23)36(35)15-24-11-22-7-8-32(41)43-28(22)14-29(24)44-36/h5,7-9,11,13-14,16,21,27,33H,6,10,12,15,17-19H2,1-4H3,(H2,37,38). The van der Waals surface area contributed by atoms with Crippen LogP contribution in [0.1, 0.15) is 63.1 Å². The van der Waals surface area contributed by atoms with Gasteiger partial charge < -0.3 is 24.5 Å². The van der Waals surface area contributed by atoms with Crippen molar-refractivity contribution in [3.05, 3.63) is 86.9 Å². The smallest absolute Gasteiger partial charge is 0.336 e. The molecule has 0 radical (unpaired) electrons. The summed E-state index contributed by atoms with van der Waals surface area (Å²) in [5.74, 6) is 2.21. The minimum Gasteiger partial charge on any atom is -0.481 e. The molecule has 47 heavy (non-hydrogen) atoms. The van der Waals surface area contributed by atoms with E-state index in [0.717, 1.165) is 46.4 Å². The lowest BCUT2D eigenvalue weighted by Crippen LogP contribution is -2.63. The van der Waals surface area contributed by atoms with E-state index in [2.05, 4.69) is 18.0 Å². The topological polar surface area (TPSA) is 125 Å². The number of carbonyl (C=O) groups excluding carboxylic acids is 2. The van der Waals surface area contributed by atoms with Crippen LogP contribution in [0.25, 0.3) is 11.0 Å². The zero-order valence-corrected chi connectivity index (χ0v) is 28.7. The summed E-state index contributed by atoms with van der Waals surface area (Å²) in [4.78, 5) is 46.0. The van der Waals surface area contributed by atoms with Crippen molar-refractivity contribution in [2.24, 2.45) is 5.92 Å². The Kier molecular flexibility index (Phi) is 8.19. The molecule has 0 saturated carbocycles. The minimum absolute atomic E-state index is 0.0730. The fourth-order valence-electron chi connectivity index (χ4n) is 7.66. The number of ether oxygens (including phenoxy) is 2. The molecular weight excluding hydrogens is 635 g/mol. The van der Waals surface area contributed by atoms with Gasteiger partial charge in [-0.15, -0.1) is 0 Å². The van der Waals surface area contributed by atoms with Gasteiger partial charge in [-0.25, -0.2) is 14.6 Å². The van der Waals surface area contributed by atoms with E-state index in [0.29, 0.717) is 47.2 Å². The summed E-state index contributed by atoms with van der Waals surface area (Å²) in [6, 6.07) is 8.98. The first-order valence-corrected chi connectivity index (χ1v) is 18.6. The first-order chi connectivity index (χ1) is 22.6. The molecule has 7 rings (SSSR count). The number of hydrogen-bond acceptors (Lipinski definition) is 10. The minimum atomic E-state index is -1.13. The van der Waals surface area contributed by atoms with Gasteiger partial charge in [0.05, 0.1) is 12.3 Å². The van der Waals surface area contributed by atoms with Crippen molar-refractivity contribution in [3.63, 3.8) is 0 Å². The van der Waals surface area contributed by atoms with Gasteiger partial charge in [-0.2, -0.15) is 0 Å². The van der Waals surface area contributed by atoms with E-state index < -0.39 is 28.7 Å². The Hall–Kier alpha value is -3.70. The second kappa shape index (κ2) is 12.1. The summed E-state index contributed by atoms with van der Waals surface area (Å²) in [6.45, 7) is 8.45. The molecule has 0 bridgehead atoms. The Labute approximate surface area is 281 Å². The maximum Gasteiger partial charge on any atom is 0.336 e. The number of hydrogen-bond donors (Lipinski definition) is 1. The Morgan fingerprint density at radius 1 is 1.21 bits per heavy atom. The van der Waals surface area contributed by atoms with Gasteiger partial charge in [-0.05, 0) is 68.0 Å². The highest BCUT2D eigenvalue weighted by molar-refractivity contribution is 8.76. The van der Waals surface area contributed by atoms with E-state index >= 15 is 0 Å². The van der Waals surface area contributed by atoms with E-state index in [9.17, 15) is 14.4 Å². The van der Waals surface area contributed by atoms with Gasteiger partial charge in [-0.1, -0.05) is 46.2 Å². The van der Waals surface area contributed by atoms with Crippen molar-refractivity contribution in [1.29, 1.82) is 0 Å². The molecule has 246 valence electrons. The molecule has 5 atom stereocenters. The molecule has 1 spiro atoms. The molecule has 4 aliphatic rings. The van der Waals surface area contributed by atoms with Crippen molar-refractivity contribution in [2.45, 2.75) is 76.5 Å². The van der Waals surface area contributed by atoms with Crippen molar-refractivity contribution in [2.75, 3.05) is 23.8 Å². The van der Waals surface area contributed by atoms with Crippen LogP contribution in [0.3, 0.4) is 0 Å². The van der Waals surface area contributed by atoms with Crippen molar-refractivity contribution in [3.8, 4) is 5.75 Å². The number of amides is 1. The molecule has 5 heterocycles. The molecule has 3 aliphatic heterocycles. The van der Waals surface area contributed by atoms with E-state index in [1.165, 1.54) is 6.07 Å². The van der Waals surface area contributed by atoms with Gasteiger partial charge in [0, 0.05) is 66.2 Å². The highest BCUT2D eigenvalue weighted by atomic mass is 33.1. The Balaban J connectivity index is 1.41. The summed E-state index contributed by atoms with van der Waals surface area (Å²) < 4.78 is 19.2. The maximum atomic E-state index is 13.9. The summed E-state index contributed by atoms with van der Waals surface area (Å²) in [5.41, 5.74) is 8.30. The van der Waals surface area contributed by atoms with Crippen LogP contribution in [0, 0.1) is 5.92 Å². The predicted molar refractivity (Wildman–Crippen MR) is 185 cm³/mol. The number of fused-ring (bicyclic) bond motifs is 7. The number of benzene rings is 1. The molecule has 1 fully saturated rings. The van der Waals surface area contributed by atoms with Crippen LogP contribution in [0.2, 0.25) is 0 Å². The molecule has 1 aliphatic carbocycles. The third-order valence-electron chi connectivity index (χ3n) is 10.6. The van der Waals surface area contributed by atoms with Crippen molar-refractivity contribution < 1.29 is 23.5 Å². The average Bonchev–Trinajstić information content (AvgIpc) is 3.40. The van der Waals surface area contributed by atoms with Gasteiger partial charge in [-0.3, -0.25) is 4.79 Å². The molecular formula is C36H39N3O6S2. The van der Waals surface area contributed by atoms with Crippen LogP contribution in [0.4, 0.5) is 5.82 Å². The Morgan fingerprint density at radius 3 is 2.83 bits per heavy atom. The second-order valence-corrected chi connectivity index (χ2v) is 15.7. The summed E-state index contributed by atoms with van der Waals surface area (Å²) in [5, 5.41) is 0.776. The second-order valence-electron chi connectivity index (χ2n) is 13.2. The normalized spacial score (nSPS) is 28.9. The summed E-state index contributed by atoms with van der Waals surface area (Å²) >= 11 is 0. The van der Waals surface area contributed by atoms with Crippen LogP contribution < -0.4 is 16.1 Å². The Morgan fingerprint density at radius 2 is 2.04 bits per heavy atom. The van der Waals surface area contributed by atoms with E-state index in [-0.39, 0.29) is 18.4 Å². The van der Waals surface area contributed by atoms with Gasteiger partial charge in [0.25, 0.3) is 0 Å². The Bertz CT molecular complexity index is 1900. The largest absolute Gasteiger partial charge is 0.481 e. The fourth-order valence-corrected chi connectivity index (χ4v) is 10.2. The zero-order valence-electron chi connectivity index (χ0n) is 27.0. The van der Waals surface area contributed by atoms with Gasteiger partial charge in [0.2, 0.25) is 5.91 Å². The van der Waals surface area contributed by atoms with E-state index in [1.54, 1.807) is 52.9 Å². The predicted octanol–water partition coefficient (Wildman–Crippen LogP) is 6.00. The number of nitrogens with two attached hydrogens (primary N) is 1. The number of pyridine rings is 1. The van der Waals surface area contributed by atoms with Gasteiger partial charge in [0.15, 0.2) is 11.2 Å². The molecule has 1 aromatic carbocycles. The van der Waals surface area contributed by atoms with Crippen LogP contribution in [-0.2, 0) is 27.2 Å². The van der Waals surface area contributed by atoms with Crippen LogP contribution in [0.15, 0.2) is 69.0 Å². The van der Waals surface area contributed by atoms with Gasteiger partial charge >= 0.3 is 11.6 Å². The third kappa shape index (κ3) is 5.35. The lowest BCUT2D eigenvalue weighted by Gasteiger charge is -2.52.